The third-order valence-electron chi connectivity index (χ3n) is 2.62. The van der Waals surface area contributed by atoms with Gasteiger partial charge in [-0.1, -0.05) is 12.1 Å². The van der Waals surface area contributed by atoms with Gasteiger partial charge in [0.1, 0.15) is 0 Å². The molecule has 0 aliphatic heterocycles. The van der Waals surface area contributed by atoms with Crippen LogP contribution in [0.1, 0.15) is 29.2 Å². The normalized spacial score (nSPS) is 19.6. The van der Waals surface area contributed by atoms with E-state index in [0.717, 1.165) is 6.07 Å². The lowest BCUT2D eigenvalue weighted by atomic mass is 10.0. The predicted molar refractivity (Wildman–Crippen MR) is 53.9 cm³/mol. The molecule has 0 saturated heterocycles. The minimum Gasteiger partial charge on any atom is -0.324 e. The van der Waals surface area contributed by atoms with Crippen molar-refractivity contribution in [2.45, 2.75) is 25.1 Å². The lowest BCUT2D eigenvalue weighted by molar-refractivity contribution is -0.138. The van der Waals surface area contributed by atoms with Gasteiger partial charge in [0.05, 0.1) is 5.56 Å². The maximum absolute atomic E-state index is 12.5. The summed E-state index contributed by atoms with van der Waals surface area (Å²) in [5.41, 5.74) is 6.20. The Bertz CT molecular complexity index is 362. The second kappa shape index (κ2) is 4.02. The smallest absolute Gasteiger partial charge is 0.324 e. The molecule has 1 atom stereocenters. The van der Waals surface area contributed by atoms with Crippen molar-refractivity contribution in [1.82, 2.24) is 0 Å². The monoisotopic (exact) mass is 237 g/mol. The van der Waals surface area contributed by atoms with Crippen molar-refractivity contribution in [3.05, 3.63) is 34.9 Å². The molecule has 0 radical (unpaired) electrons. The highest BCUT2D eigenvalue weighted by molar-refractivity contribution is 5.85. The SMILES string of the molecule is Cl.N[C@@H]1CCc2c1cccc2C(F)(F)F. The van der Waals surface area contributed by atoms with Gasteiger partial charge in [0.2, 0.25) is 0 Å². The van der Waals surface area contributed by atoms with Gasteiger partial charge in [0.25, 0.3) is 0 Å². The maximum Gasteiger partial charge on any atom is 0.416 e. The van der Waals surface area contributed by atoms with Crippen molar-refractivity contribution >= 4 is 12.4 Å². The summed E-state index contributed by atoms with van der Waals surface area (Å²) in [6.45, 7) is 0. The van der Waals surface area contributed by atoms with Gasteiger partial charge in [0, 0.05) is 6.04 Å². The second-order valence-electron chi connectivity index (χ2n) is 3.52. The van der Waals surface area contributed by atoms with Crippen molar-refractivity contribution in [2.75, 3.05) is 0 Å². The molecule has 0 aromatic heterocycles. The number of nitrogens with two attached hydrogens (primary N) is 1. The number of fused-ring (bicyclic) bond motifs is 1. The Labute approximate surface area is 91.9 Å². The van der Waals surface area contributed by atoms with E-state index in [4.69, 9.17) is 5.73 Å². The van der Waals surface area contributed by atoms with Crippen LogP contribution in [0.3, 0.4) is 0 Å². The van der Waals surface area contributed by atoms with E-state index in [2.05, 4.69) is 0 Å². The highest BCUT2D eigenvalue weighted by Gasteiger charge is 2.36. The molecule has 0 saturated carbocycles. The van der Waals surface area contributed by atoms with Crippen molar-refractivity contribution < 1.29 is 13.2 Å². The van der Waals surface area contributed by atoms with Crippen molar-refractivity contribution in [1.29, 1.82) is 0 Å². The summed E-state index contributed by atoms with van der Waals surface area (Å²) in [6.07, 6.45) is -3.20. The molecule has 84 valence electrons. The molecular formula is C10H11ClF3N. The zero-order valence-electron chi connectivity index (χ0n) is 7.84. The summed E-state index contributed by atoms with van der Waals surface area (Å²) in [4.78, 5) is 0. The van der Waals surface area contributed by atoms with E-state index < -0.39 is 11.7 Å². The first kappa shape index (κ1) is 12.3. The van der Waals surface area contributed by atoms with E-state index in [1.165, 1.54) is 6.07 Å². The van der Waals surface area contributed by atoms with Crippen LogP contribution >= 0.6 is 12.4 Å². The minimum atomic E-state index is -4.25. The number of halogens is 4. The number of benzene rings is 1. The van der Waals surface area contributed by atoms with Gasteiger partial charge in [-0.25, -0.2) is 0 Å². The Morgan fingerprint density at radius 2 is 1.93 bits per heavy atom. The average molecular weight is 238 g/mol. The Kier molecular flexibility index (Phi) is 3.31. The van der Waals surface area contributed by atoms with Crippen molar-refractivity contribution in [3.8, 4) is 0 Å². The van der Waals surface area contributed by atoms with Crippen molar-refractivity contribution in [2.24, 2.45) is 5.73 Å². The molecule has 0 bridgehead atoms. The zero-order chi connectivity index (χ0) is 10.3. The van der Waals surface area contributed by atoms with Gasteiger partial charge in [-0.3, -0.25) is 0 Å². The quantitative estimate of drug-likeness (QED) is 0.737. The highest BCUT2D eigenvalue weighted by atomic mass is 35.5. The van der Waals surface area contributed by atoms with E-state index in [9.17, 15) is 13.2 Å². The predicted octanol–water partition coefficient (Wildman–Crippen LogP) is 3.07. The highest BCUT2D eigenvalue weighted by Crippen LogP contribution is 2.39. The maximum atomic E-state index is 12.5. The first-order chi connectivity index (χ1) is 6.50. The van der Waals surface area contributed by atoms with E-state index >= 15 is 0 Å². The third-order valence-corrected chi connectivity index (χ3v) is 2.62. The van der Waals surface area contributed by atoms with Crippen LogP contribution in [0.15, 0.2) is 18.2 Å². The molecule has 0 spiro atoms. The number of hydrogen-bond acceptors (Lipinski definition) is 1. The van der Waals surface area contributed by atoms with E-state index in [0.29, 0.717) is 24.0 Å². The summed E-state index contributed by atoms with van der Waals surface area (Å²) in [7, 11) is 0. The van der Waals surface area contributed by atoms with Gasteiger partial charge in [-0.2, -0.15) is 13.2 Å². The summed E-state index contributed by atoms with van der Waals surface area (Å²) in [5.74, 6) is 0. The van der Waals surface area contributed by atoms with Crippen LogP contribution in [0.25, 0.3) is 0 Å². The molecule has 1 aliphatic rings. The molecule has 5 heteroatoms. The molecule has 0 heterocycles. The Hall–Kier alpha value is -0.740. The van der Waals surface area contributed by atoms with Crippen molar-refractivity contribution in [3.63, 3.8) is 0 Å². The molecule has 0 unspecified atom stereocenters. The molecule has 1 aromatic rings. The molecule has 2 N–H and O–H groups in total. The molecule has 0 fully saturated rings. The Morgan fingerprint density at radius 3 is 2.53 bits per heavy atom. The fourth-order valence-corrected chi connectivity index (χ4v) is 1.95. The first-order valence-corrected chi connectivity index (χ1v) is 4.44. The molecule has 1 nitrogen and oxygen atoms in total. The minimum absolute atomic E-state index is 0. The second-order valence-corrected chi connectivity index (χ2v) is 3.52. The van der Waals surface area contributed by atoms with Crippen LogP contribution in [0.4, 0.5) is 13.2 Å². The summed E-state index contributed by atoms with van der Waals surface area (Å²) in [6, 6.07) is 4.00. The fourth-order valence-electron chi connectivity index (χ4n) is 1.95. The van der Waals surface area contributed by atoms with Gasteiger partial charge >= 0.3 is 6.18 Å². The number of alkyl halides is 3. The lowest BCUT2D eigenvalue weighted by Gasteiger charge is -2.12. The molecular weight excluding hydrogens is 227 g/mol. The molecule has 1 aromatic carbocycles. The van der Waals surface area contributed by atoms with Crippen LogP contribution in [0.5, 0.6) is 0 Å². The average Bonchev–Trinajstić information content (AvgIpc) is 2.46. The van der Waals surface area contributed by atoms with Crippen LogP contribution in [-0.2, 0) is 12.6 Å². The number of rotatable bonds is 0. The van der Waals surface area contributed by atoms with Crippen LogP contribution in [0.2, 0.25) is 0 Å². The van der Waals surface area contributed by atoms with Crippen LogP contribution in [0, 0.1) is 0 Å². The van der Waals surface area contributed by atoms with E-state index in [-0.39, 0.29) is 18.4 Å². The Balaban J connectivity index is 0.00000112. The first-order valence-electron chi connectivity index (χ1n) is 4.44. The summed E-state index contributed by atoms with van der Waals surface area (Å²) >= 11 is 0. The standard InChI is InChI=1S/C10H10F3N.ClH/c11-10(12,13)8-3-1-2-7-6(8)4-5-9(7)14;/h1-3,9H,4-5,14H2;1H/t9-;/m1./s1. The molecule has 1 aliphatic carbocycles. The summed E-state index contributed by atoms with van der Waals surface area (Å²) in [5, 5.41) is 0. The Morgan fingerprint density at radius 1 is 1.27 bits per heavy atom. The topological polar surface area (TPSA) is 26.0 Å². The number of hydrogen-bond donors (Lipinski definition) is 1. The molecule has 2 rings (SSSR count). The lowest BCUT2D eigenvalue weighted by Crippen LogP contribution is -2.10. The largest absolute Gasteiger partial charge is 0.416 e. The zero-order valence-corrected chi connectivity index (χ0v) is 8.66. The molecule has 0 amide bonds. The van der Waals surface area contributed by atoms with Gasteiger partial charge in [0.15, 0.2) is 0 Å². The van der Waals surface area contributed by atoms with Gasteiger partial charge in [-0.15, -0.1) is 12.4 Å². The third kappa shape index (κ3) is 2.11. The van der Waals surface area contributed by atoms with Gasteiger partial charge < -0.3 is 5.73 Å². The van der Waals surface area contributed by atoms with E-state index in [1.54, 1.807) is 6.07 Å². The molecule has 15 heavy (non-hydrogen) atoms. The summed E-state index contributed by atoms with van der Waals surface area (Å²) < 4.78 is 37.6. The van der Waals surface area contributed by atoms with Crippen LogP contribution < -0.4 is 5.73 Å². The van der Waals surface area contributed by atoms with Gasteiger partial charge in [-0.05, 0) is 30.0 Å². The van der Waals surface area contributed by atoms with Crippen LogP contribution in [-0.4, -0.2) is 0 Å². The fraction of sp³-hybridized carbons (Fsp3) is 0.400. The van der Waals surface area contributed by atoms with E-state index in [1.807, 2.05) is 0 Å².